The van der Waals surface area contributed by atoms with Crippen molar-refractivity contribution in [2.24, 2.45) is 0 Å². The number of benzene rings is 1. The third kappa shape index (κ3) is 3.06. The molecule has 0 spiro atoms. The van der Waals surface area contributed by atoms with Gasteiger partial charge in [-0.3, -0.25) is 4.79 Å². The molecule has 1 aromatic carbocycles. The zero-order chi connectivity index (χ0) is 15.7. The third-order valence-electron chi connectivity index (χ3n) is 4.45. The molecular formula is C16H20ClFN2O2. The van der Waals surface area contributed by atoms with Gasteiger partial charge < -0.3 is 15.0 Å². The highest BCUT2D eigenvalue weighted by molar-refractivity contribution is 6.32. The number of carbonyl (C=O) groups excluding carboxylic acids is 1. The highest BCUT2D eigenvalue weighted by atomic mass is 35.5. The van der Waals surface area contributed by atoms with Crippen LogP contribution in [0, 0.1) is 5.82 Å². The lowest BCUT2D eigenvalue weighted by Crippen LogP contribution is -2.48. The Bertz CT molecular complexity index is 555. The van der Waals surface area contributed by atoms with E-state index in [0.29, 0.717) is 11.8 Å². The standard InChI is InChI=1S/C16H20ClFN2O2/c1-10(22-15-5-2-11(18)8-14(15)17)16(21)20-12-3-4-13(20)9-19-7-6-12/h2,5,8,10,12-13,19H,3-4,6-7,9H2,1H3. The van der Waals surface area contributed by atoms with Crippen molar-refractivity contribution in [3.05, 3.63) is 29.0 Å². The zero-order valence-corrected chi connectivity index (χ0v) is 13.3. The van der Waals surface area contributed by atoms with E-state index >= 15 is 0 Å². The van der Waals surface area contributed by atoms with Gasteiger partial charge in [0, 0.05) is 18.6 Å². The molecule has 120 valence electrons. The highest BCUT2D eigenvalue weighted by Gasteiger charge is 2.40. The Balaban J connectivity index is 1.71. The van der Waals surface area contributed by atoms with Gasteiger partial charge in [-0.05, 0) is 50.9 Å². The summed E-state index contributed by atoms with van der Waals surface area (Å²) >= 11 is 5.96. The van der Waals surface area contributed by atoms with Gasteiger partial charge in [0.25, 0.3) is 5.91 Å². The van der Waals surface area contributed by atoms with Crippen LogP contribution in [-0.4, -0.2) is 42.1 Å². The maximum atomic E-state index is 13.1. The number of hydrogen-bond donors (Lipinski definition) is 1. The molecule has 3 rings (SSSR count). The molecular weight excluding hydrogens is 307 g/mol. The summed E-state index contributed by atoms with van der Waals surface area (Å²) in [5, 5.41) is 3.55. The summed E-state index contributed by atoms with van der Waals surface area (Å²) in [6.07, 6.45) is 2.44. The minimum atomic E-state index is -0.635. The fourth-order valence-electron chi connectivity index (χ4n) is 3.36. The lowest BCUT2D eigenvalue weighted by molar-refractivity contribution is -0.140. The van der Waals surface area contributed by atoms with Gasteiger partial charge in [0.1, 0.15) is 11.6 Å². The molecule has 2 aliphatic rings. The molecule has 0 aliphatic carbocycles. The molecule has 2 aliphatic heterocycles. The first-order chi connectivity index (χ1) is 10.6. The monoisotopic (exact) mass is 326 g/mol. The molecule has 2 fully saturated rings. The van der Waals surface area contributed by atoms with Gasteiger partial charge in [-0.25, -0.2) is 4.39 Å². The quantitative estimate of drug-likeness (QED) is 0.928. The van der Waals surface area contributed by atoms with Gasteiger partial charge in [0.2, 0.25) is 0 Å². The lowest BCUT2D eigenvalue weighted by atomic mass is 10.1. The van der Waals surface area contributed by atoms with Crippen molar-refractivity contribution >= 4 is 17.5 Å². The lowest BCUT2D eigenvalue weighted by Gasteiger charge is -2.30. The predicted molar refractivity (Wildman–Crippen MR) is 82.6 cm³/mol. The molecule has 3 unspecified atom stereocenters. The second kappa shape index (κ2) is 6.42. The van der Waals surface area contributed by atoms with E-state index in [4.69, 9.17) is 16.3 Å². The van der Waals surface area contributed by atoms with Gasteiger partial charge in [-0.1, -0.05) is 11.6 Å². The van der Waals surface area contributed by atoms with Gasteiger partial charge in [0.15, 0.2) is 6.10 Å². The first-order valence-corrected chi connectivity index (χ1v) is 8.08. The van der Waals surface area contributed by atoms with Crippen LogP contribution in [0.2, 0.25) is 5.02 Å². The molecule has 6 heteroatoms. The van der Waals surface area contributed by atoms with E-state index in [-0.39, 0.29) is 17.0 Å². The molecule has 1 amide bonds. The Morgan fingerprint density at radius 2 is 2.18 bits per heavy atom. The van der Waals surface area contributed by atoms with E-state index in [9.17, 15) is 9.18 Å². The van der Waals surface area contributed by atoms with Crippen LogP contribution >= 0.6 is 11.6 Å². The van der Waals surface area contributed by atoms with Crippen LogP contribution in [0.5, 0.6) is 5.75 Å². The van der Waals surface area contributed by atoms with Crippen molar-refractivity contribution in [1.29, 1.82) is 0 Å². The normalized spacial score (nSPS) is 25.7. The van der Waals surface area contributed by atoms with E-state index < -0.39 is 11.9 Å². The van der Waals surface area contributed by atoms with Crippen LogP contribution in [0.25, 0.3) is 0 Å². The topological polar surface area (TPSA) is 41.6 Å². The van der Waals surface area contributed by atoms with Crippen LogP contribution in [0.4, 0.5) is 4.39 Å². The Kier molecular flexibility index (Phi) is 4.54. The average Bonchev–Trinajstić information content (AvgIpc) is 2.74. The minimum absolute atomic E-state index is 0.0170. The van der Waals surface area contributed by atoms with Gasteiger partial charge in [-0.15, -0.1) is 0 Å². The van der Waals surface area contributed by atoms with Crippen molar-refractivity contribution in [3.63, 3.8) is 0 Å². The fourth-order valence-corrected chi connectivity index (χ4v) is 3.58. The smallest absolute Gasteiger partial charge is 0.263 e. The number of nitrogens with one attached hydrogen (secondary N) is 1. The van der Waals surface area contributed by atoms with Crippen LogP contribution in [-0.2, 0) is 4.79 Å². The van der Waals surface area contributed by atoms with Crippen molar-refractivity contribution < 1.29 is 13.9 Å². The molecule has 4 nitrogen and oxygen atoms in total. The van der Waals surface area contributed by atoms with Crippen molar-refractivity contribution in [1.82, 2.24) is 10.2 Å². The van der Waals surface area contributed by atoms with Crippen LogP contribution in [0.1, 0.15) is 26.2 Å². The van der Waals surface area contributed by atoms with E-state index in [1.807, 2.05) is 4.90 Å². The molecule has 1 N–H and O–H groups in total. The maximum absolute atomic E-state index is 13.1. The molecule has 0 aromatic heterocycles. The highest BCUT2D eigenvalue weighted by Crippen LogP contribution is 2.30. The predicted octanol–water partition coefficient (Wildman–Crippen LogP) is 2.60. The Labute approximate surface area is 134 Å². The van der Waals surface area contributed by atoms with Crippen LogP contribution < -0.4 is 10.1 Å². The SMILES string of the molecule is CC(Oc1ccc(F)cc1Cl)C(=O)N1C2CCNCC1CC2. The first kappa shape index (κ1) is 15.6. The maximum Gasteiger partial charge on any atom is 0.263 e. The number of ether oxygens (including phenoxy) is 1. The van der Waals surface area contributed by atoms with Gasteiger partial charge in [0.05, 0.1) is 5.02 Å². The van der Waals surface area contributed by atoms with Gasteiger partial charge in [-0.2, -0.15) is 0 Å². The number of nitrogens with zero attached hydrogens (tertiary/aromatic N) is 1. The van der Waals surface area contributed by atoms with Crippen LogP contribution in [0.3, 0.4) is 0 Å². The van der Waals surface area contributed by atoms with Crippen molar-refractivity contribution in [2.75, 3.05) is 13.1 Å². The number of fused-ring (bicyclic) bond motifs is 2. The summed E-state index contributed by atoms with van der Waals surface area (Å²) in [6, 6.07) is 4.46. The summed E-state index contributed by atoms with van der Waals surface area (Å²) < 4.78 is 18.7. The molecule has 1 aromatic rings. The Morgan fingerprint density at radius 1 is 1.41 bits per heavy atom. The average molecular weight is 327 g/mol. The van der Waals surface area contributed by atoms with Crippen molar-refractivity contribution in [3.8, 4) is 5.75 Å². The molecule has 0 saturated carbocycles. The van der Waals surface area contributed by atoms with E-state index in [1.54, 1.807) is 6.92 Å². The second-order valence-corrected chi connectivity index (χ2v) is 6.37. The Hall–Kier alpha value is -1.33. The summed E-state index contributed by atoms with van der Waals surface area (Å²) in [7, 11) is 0. The minimum Gasteiger partial charge on any atom is -0.479 e. The van der Waals surface area contributed by atoms with E-state index in [0.717, 1.165) is 32.4 Å². The first-order valence-electron chi connectivity index (χ1n) is 7.71. The van der Waals surface area contributed by atoms with E-state index in [2.05, 4.69) is 5.32 Å². The summed E-state index contributed by atoms with van der Waals surface area (Å²) in [6.45, 7) is 3.51. The fraction of sp³-hybridized carbons (Fsp3) is 0.562. The number of hydrogen-bond acceptors (Lipinski definition) is 3. The molecule has 3 atom stereocenters. The van der Waals surface area contributed by atoms with Crippen LogP contribution in [0.15, 0.2) is 18.2 Å². The largest absolute Gasteiger partial charge is 0.479 e. The second-order valence-electron chi connectivity index (χ2n) is 5.96. The molecule has 2 heterocycles. The zero-order valence-electron chi connectivity index (χ0n) is 12.5. The van der Waals surface area contributed by atoms with Crippen molar-refractivity contribution in [2.45, 2.75) is 44.4 Å². The van der Waals surface area contributed by atoms with Gasteiger partial charge >= 0.3 is 0 Å². The summed E-state index contributed by atoms with van der Waals surface area (Å²) in [5.41, 5.74) is 0. The number of carbonyl (C=O) groups is 1. The Morgan fingerprint density at radius 3 is 2.95 bits per heavy atom. The number of amides is 1. The summed E-state index contributed by atoms with van der Waals surface area (Å²) in [5.74, 6) is -0.103. The molecule has 2 saturated heterocycles. The molecule has 2 bridgehead atoms. The number of rotatable bonds is 3. The summed E-state index contributed by atoms with van der Waals surface area (Å²) in [4.78, 5) is 14.7. The number of halogens is 2. The molecule has 22 heavy (non-hydrogen) atoms. The van der Waals surface area contributed by atoms with E-state index in [1.165, 1.54) is 18.2 Å². The molecule has 0 radical (unpaired) electrons. The third-order valence-corrected chi connectivity index (χ3v) is 4.75.